The molecule has 0 spiro atoms. The van der Waals surface area contributed by atoms with Gasteiger partial charge in [0.25, 0.3) is 0 Å². The Kier molecular flexibility index (Phi) is 5.91. The number of benzene rings is 2. The lowest BCUT2D eigenvalue weighted by molar-refractivity contribution is 0.866. The second-order valence-electron chi connectivity index (χ2n) is 6.50. The normalized spacial score (nSPS) is 10.5. The maximum Gasteiger partial charge on any atom is 0.229 e. The van der Waals surface area contributed by atoms with Gasteiger partial charge in [0, 0.05) is 36.3 Å². The van der Waals surface area contributed by atoms with Crippen molar-refractivity contribution in [3.05, 3.63) is 65.9 Å². The molecule has 0 saturated carbocycles. The zero-order chi connectivity index (χ0) is 19.2. The molecule has 0 amide bonds. The first-order chi connectivity index (χ1) is 13.1. The molecule has 1 heterocycles. The summed E-state index contributed by atoms with van der Waals surface area (Å²) in [6, 6.07) is 16.5. The maximum atomic E-state index is 4.59. The summed E-state index contributed by atoms with van der Waals surface area (Å²) in [5.74, 6) is 1.34. The molecule has 0 saturated heterocycles. The molecule has 140 valence electrons. The van der Waals surface area contributed by atoms with E-state index >= 15 is 0 Å². The van der Waals surface area contributed by atoms with Crippen LogP contribution >= 0.6 is 0 Å². The van der Waals surface area contributed by atoms with Crippen molar-refractivity contribution in [2.45, 2.75) is 27.7 Å². The van der Waals surface area contributed by atoms with E-state index in [0.29, 0.717) is 5.95 Å². The summed E-state index contributed by atoms with van der Waals surface area (Å²) < 4.78 is 0. The molecule has 0 aliphatic heterocycles. The van der Waals surface area contributed by atoms with Gasteiger partial charge >= 0.3 is 0 Å². The molecule has 0 fully saturated rings. The Morgan fingerprint density at radius 1 is 0.852 bits per heavy atom. The first-order valence-corrected chi connectivity index (χ1v) is 9.39. The second kappa shape index (κ2) is 8.54. The Hall–Kier alpha value is -3.08. The Morgan fingerprint density at radius 2 is 1.52 bits per heavy atom. The van der Waals surface area contributed by atoms with Crippen LogP contribution in [0.5, 0.6) is 0 Å². The van der Waals surface area contributed by atoms with Gasteiger partial charge in [-0.15, -0.1) is 0 Å². The average Bonchev–Trinajstić information content (AvgIpc) is 2.67. The van der Waals surface area contributed by atoms with Gasteiger partial charge in [-0.25, -0.2) is 4.98 Å². The average molecular weight is 361 g/mol. The fourth-order valence-electron chi connectivity index (χ4n) is 3.10. The first kappa shape index (κ1) is 18.7. The van der Waals surface area contributed by atoms with Crippen LogP contribution in [0.15, 0.2) is 54.7 Å². The van der Waals surface area contributed by atoms with Crippen molar-refractivity contribution in [1.82, 2.24) is 9.97 Å². The molecule has 3 aromatic rings. The van der Waals surface area contributed by atoms with Crippen molar-refractivity contribution >= 4 is 28.8 Å². The van der Waals surface area contributed by atoms with E-state index in [-0.39, 0.29) is 0 Å². The Balaban J connectivity index is 1.74. The number of rotatable bonds is 7. The lowest BCUT2D eigenvalue weighted by Gasteiger charge is -2.21. The molecule has 27 heavy (non-hydrogen) atoms. The minimum Gasteiger partial charge on any atom is -0.372 e. The van der Waals surface area contributed by atoms with Crippen molar-refractivity contribution in [3.63, 3.8) is 0 Å². The third kappa shape index (κ3) is 4.56. The van der Waals surface area contributed by atoms with Crippen molar-refractivity contribution in [3.8, 4) is 0 Å². The quantitative estimate of drug-likeness (QED) is 0.588. The first-order valence-electron chi connectivity index (χ1n) is 9.39. The molecule has 3 rings (SSSR count). The molecule has 5 heteroatoms. The van der Waals surface area contributed by atoms with Crippen LogP contribution in [0, 0.1) is 13.8 Å². The van der Waals surface area contributed by atoms with Crippen molar-refractivity contribution in [1.29, 1.82) is 0 Å². The molecule has 2 N–H and O–H groups in total. The monoisotopic (exact) mass is 361 g/mol. The molecule has 0 bridgehead atoms. The fraction of sp³-hybridized carbons (Fsp3) is 0.273. The highest BCUT2D eigenvalue weighted by Crippen LogP contribution is 2.24. The van der Waals surface area contributed by atoms with E-state index in [2.05, 4.69) is 95.7 Å². The third-order valence-electron chi connectivity index (χ3n) is 4.64. The number of nitrogens with one attached hydrogen (secondary N) is 2. The predicted molar refractivity (Wildman–Crippen MR) is 115 cm³/mol. The molecule has 0 aliphatic rings. The molecular formula is C22H27N5. The minimum absolute atomic E-state index is 0.571. The highest BCUT2D eigenvalue weighted by molar-refractivity contribution is 5.66. The molecule has 2 aromatic carbocycles. The summed E-state index contributed by atoms with van der Waals surface area (Å²) in [6.45, 7) is 10.5. The van der Waals surface area contributed by atoms with Gasteiger partial charge in [-0.3, -0.25) is 0 Å². The van der Waals surface area contributed by atoms with E-state index in [4.69, 9.17) is 0 Å². The Labute approximate surface area is 161 Å². The fourth-order valence-corrected chi connectivity index (χ4v) is 3.10. The standard InChI is InChI=1S/C22H27N5/c1-5-27(6-2)19-12-10-18(11-13-19)24-22-23-15-14-20(26-22)25-21-16(3)8-7-9-17(21)4/h7-15H,5-6H2,1-4H3,(H2,23,24,25,26). The van der Waals surface area contributed by atoms with Gasteiger partial charge in [0.2, 0.25) is 5.95 Å². The molecule has 5 nitrogen and oxygen atoms in total. The van der Waals surface area contributed by atoms with Crippen molar-refractivity contribution in [2.75, 3.05) is 28.6 Å². The lowest BCUT2D eigenvalue weighted by Crippen LogP contribution is -2.21. The summed E-state index contributed by atoms with van der Waals surface area (Å²) >= 11 is 0. The van der Waals surface area contributed by atoms with Gasteiger partial charge in [0.15, 0.2) is 0 Å². The van der Waals surface area contributed by atoms with E-state index in [1.54, 1.807) is 6.20 Å². The van der Waals surface area contributed by atoms with Crippen LogP contribution in [-0.2, 0) is 0 Å². The number of para-hydroxylation sites is 1. The van der Waals surface area contributed by atoms with Crippen molar-refractivity contribution in [2.24, 2.45) is 0 Å². The maximum absolute atomic E-state index is 4.59. The highest BCUT2D eigenvalue weighted by atomic mass is 15.1. The SMILES string of the molecule is CCN(CC)c1ccc(Nc2nccc(Nc3c(C)cccc3C)n2)cc1. The third-order valence-corrected chi connectivity index (χ3v) is 4.64. The molecule has 0 atom stereocenters. The number of nitrogens with zero attached hydrogens (tertiary/aromatic N) is 3. The van der Waals surface area contributed by atoms with Gasteiger partial charge < -0.3 is 15.5 Å². The summed E-state index contributed by atoms with van der Waals surface area (Å²) in [6.07, 6.45) is 1.76. The zero-order valence-electron chi connectivity index (χ0n) is 16.5. The summed E-state index contributed by atoms with van der Waals surface area (Å²) in [5, 5.41) is 6.69. The van der Waals surface area contributed by atoms with Crippen LogP contribution in [0.3, 0.4) is 0 Å². The summed E-state index contributed by atoms with van der Waals surface area (Å²) in [7, 11) is 0. The molecule has 0 aliphatic carbocycles. The number of aromatic nitrogens is 2. The second-order valence-corrected chi connectivity index (χ2v) is 6.50. The van der Waals surface area contributed by atoms with Gasteiger partial charge in [0.05, 0.1) is 0 Å². The molecular weight excluding hydrogens is 334 g/mol. The van der Waals surface area contributed by atoms with E-state index < -0.39 is 0 Å². The highest BCUT2D eigenvalue weighted by Gasteiger charge is 2.06. The van der Waals surface area contributed by atoms with Gasteiger partial charge in [-0.1, -0.05) is 18.2 Å². The van der Waals surface area contributed by atoms with E-state index in [1.807, 2.05) is 6.07 Å². The van der Waals surface area contributed by atoms with Crippen molar-refractivity contribution < 1.29 is 0 Å². The van der Waals surface area contributed by atoms with Crippen LogP contribution in [0.1, 0.15) is 25.0 Å². The zero-order valence-corrected chi connectivity index (χ0v) is 16.5. The number of hydrogen-bond donors (Lipinski definition) is 2. The van der Waals surface area contributed by atoms with Crippen LogP contribution in [0.25, 0.3) is 0 Å². The lowest BCUT2D eigenvalue weighted by atomic mass is 10.1. The number of aryl methyl sites for hydroxylation is 2. The van der Waals surface area contributed by atoms with E-state index in [9.17, 15) is 0 Å². The van der Waals surface area contributed by atoms with Crippen LogP contribution in [-0.4, -0.2) is 23.1 Å². The molecule has 0 unspecified atom stereocenters. The van der Waals surface area contributed by atoms with E-state index in [0.717, 1.165) is 30.3 Å². The smallest absolute Gasteiger partial charge is 0.229 e. The van der Waals surface area contributed by atoms with Crippen LogP contribution in [0.2, 0.25) is 0 Å². The van der Waals surface area contributed by atoms with E-state index in [1.165, 1.54) is 16.8 Å². The summed E-state index contributed by atoms with van der Waals surface area (Å²) in [5.41, 5.74) is 5.66. The predicted octanol–water partition coefficient (Wildman–Crippen LogP) is 5.43. The molecule has 0 radical (unpaired) electrons. The van der Waals surface area contributed by atoms with Crippen LogP contribution in [0.4, 0.5) is 28.8 Å². The van der Waals surface area contributed by atoms with Gasteiger partial charge in [0.1, 0.15) is 5.82 Å². The Bertz CT molecular complexity index is 865. The topological polar surface area (TPSA) is 53.1 Å². The van der Waals surface area contributed by atoms with Crippen LogP contribution < -0.4 is 15.5 Å². The largest absolute Gasteiger partial charge is 0.372 e. The van der Waals surface area contributed by atoms with Gasteiger partial charge in [-0.05, 0) is 69.2 Å². The minimum atomic E-state index is 0.571. The molecule has 1 aromatic heterocycles. The summed E-state index contributed by atoms with van der Waals surface area (Å²) in [4.78, 5) is 11.2. The van der Waals surface area contributed by atoms with Gasteiger partial charge in [-0.2, -0.15) is 4.98 Å². The number of anilines is 5. The number of hydrogen-bond acceptors (Lipinski definition) is 5. The Morgan fingerprint density at radius 3 is 2.15 bits per heavy atom.